The van der Waals surface area contributed by atoms with Gasteiger partial charge < -0.3 is 16.2 Å². The number of aliphatic imine (C=N–C) groups is 1. The Morgan fingerprint density at radius 2 is 2.18 bits per heavy atom. The molecule has 4 N–H and O–H groups in total. The zero-order valence-corrected chi connectivity index (χ0v) is 8.70. The molecule has 1 rings (SSSR count). The molecule has 0 spiro atoms. The Labute approximate surface area is 95.2 Å². The lowest BCUT2D eigenvalue weighted by Crippen LogP contribution is -2.26. The zero-order chi connectivity index (χ0) is 12.9. The Morgan fingerprint density at radius 3 is 2.76 bits per heavy atom. The molecule has 1 aromatic heterocycles. The summed E-state index contributed by atoms with van der Waals surface area (Å²) < 4.78 is 35.5. The smallest absolute Gasteiger partial charge is 0.390 e. The first-order valence-electron chi connectivity index (χ1n) is 4.61. The predicted octanol–water partition coefficient (Wildman–Crippen LogP) is 0.863. The molecule has 0 unspecified atom stereocenters. The number of hydrogen-bond donors (Lipinski definition) is 3. The van der Waals surface area contributed by atoms with Crippen molar-refractivity contribution < 1.29 is 18.3 Å². The molecule has 0 fully saturated rings. The Kier molecular flexibility index (Phi) is 4.27. The summed E-state index contributed by atoms with van der Waals surface area (Å²) in [7, 11) is 0. The molecule has 0 radical (unpaired) electrons. The molecule has 0 aliphatic rings. The van der Waals surface area contributed by atoms with Crippen molar-refractivity contribution in [3.63, 3.8) is 0 Å². The van der Waals surface area contributed by atoms with Crippen molar-refractivity contribution in [2.45, 2.75) is 12.8 Å². The van der Waals surface area contributed by atoms with E-state index in [-0.39, 0.29) is 18.4 Å². The fourth-order valence-corrected chi connectivity index (χ4v) is 0.983. The standard InChI is InChI=1S/C9H11F3N4O/c10-9(11,12)5-14-8(13)16-7-3-1-2-6(4-17)15-7/h1-3,17H,4-5H2,(H3,13,14,15,16). The predicted molar refractivity (Wildman–Crippen MR) is 56.3 cm³/mol. The van der Waals surface area contributed by atoms with E-state index in [1.165, 1.54) is 6.07 Å². The van der Waals surface area contributed by atoms with Crippen LogP contribution in [0.3, 0.4) is 0 Å². The van der Waals surface area contributed by atoms with E-state index in [2.05, 4.69) is 15.3 Å². The Balaban J connectivity index is 2.64. The van der Waals surface area contributed by atoms with Gasteiger partial charge in [-0.15, -0.1) is 0 Å². The maximum Gasteiger partial charge on any atom is 0.408 e. The summed E-state index contributed by atoms with van der Waals surface area (Å²) in [6.45, 7) is -1.62. The highest BCUT2D eigenvalue weighted by atomic mass is 19.4. The number of halogens is 3. The van der Waals surface area contributed by atoms with Gasteiger partial charge in [-0.3, -0.25) is 0 Å². The summed E-state index contributed by atoms with van der Waals surface area (Å²) in [5.74, 6) is -0.162. The second-order valence-electron chi connectivity index (χ2n) is 3.11. The minimum atomic E-state index is -4.40. The molecular weight excluding hydrogens is 237 g/mol. The summed E-state index contributed by atoms with van der Waals surface area (Å²) in [6, 6.07) is 4.64. The molecule has 8 heteroatoms. The number of alkyl halides is 3. The number of nitrogens with two attached hydrogens (primary N) is 1. The van der Waals surface area contributed by atoms with Gasteiger partial charge in [0.25, 0.3) is 0 Å². The van der Waals surface area contributed by atoms with Crippen LogP contribution in [-0.2, 0) is 6.61 Å². The molecule has 0 bridgehead atoms. The van der Waals surface area contributed by atoms with E-state index in [0.29, 0.717) is 5.69 Å². The van der Waals surface area contributed by atoms with Crippen molar-refractivity contribution in [2.75, 3.05) is 11.9 Å². The first-order chi connectivity index (χ1) is 7.90. The van der Waals surface area contributed by atoms with E-state index in [4.69, 9.17) is 10.8 Å². The molecule has 0 aliphatic carbocycles. The lowest BCUT2D eigenvalue weighted by molar-refractivity contribution is -0.118. The average Bonchev–Trinajstić information content (AvgIpc) is 2.26. The van der Waals surface area contributed by atoms with Crippen LogP contribution in [0.2, 0.25) is 0 Å². The topological polar surface area (TPSA) is 83.5 Å². The van der Waals surface area contributed by atoms with Crippen LogP contribution in [-0.4, -0.2) is 28.8 Å². The van der Waals surface area contributed by atoms with Crippen LogP contribution < -0.4 is 11.1 Å². The Morgan fingerprint density at radius 1 is 1.47 bits per heavy atom. The fraction of sp³-hybridized carbons (Fsp3) is 0.333. The van der Waals surface area contributed by atoms with Gasteiger partial charge in [0.05, 0.1) is 12.3 Å². The van der Waals surface area contributed by atoms with Gasteiger partial charge in [0.1, 0.15) is 12.4 Å². The lowest BCUT2D eigenvalue weighted by atomic mass is 10.3. The van der Waals surface area contributed by atoms with E-state index in [1.54, 1.807) is 12.1 Å². The van der Waals surface area contributed by atoms with Crippen molar-refractivity contribution >= 4 is 11.8 Å². The van der Waals surface area contributed by atoms with Crippen molar-refractivity contribution in [1.82, 2.24) is 4.98 Å². The number of pyridine rings is 1. The molecule has 1 heterocycles. The number of aliphatic hydroxyl groups is 1. The molecular formula is C9H11F3N4O. The molecule has 1 aromatic rings. The number of nitrogens with one attached hydrogen (secondary N) is 1. The van der Waals surface area contributed by atoms with Gasteiger partial charge in [0.15, 0.2) is 5.96 Å². The lowest BCUT2D eigenvalue weighted by Gasteiger charge is -2.07. The summed E-state index contributed by atoms with van der Waals surface area (Å²) in [4.78, 5) is 6.97. The number of hydrogen-bond acceptors (Lipinski definition) is 3. The van der Waals surface area contributed by atoms with E-state index in [9.17, 15) is 13.2 Å². The number of nitrogens with zero attached hydrogens (tertiary/aromatic N) is 2. The summed E-state index contributed by atoms with van der Waals surface area (Å²) in [6.07, 6.45) is -4.40. The van der Waals surface area contributed by atoms with Crippen LogP contribution in [0.1, 0.15) is 5.69 Å². The van der Waals surface area contributed by atoms with E-state index in [0.717, 1.165) is 0 Å². The highest BCUT2D eigenvalue weighted by molar-refractivity contribution is 5.91. The Hall–Kier alpha value is -1.83. The van der Waals surface area contributed by atoms with Gasteiger partial charge in [-0.2, -0.15) is 13.2 Å². The third-order valence-electron chi connectivity index (χ3n) is 1.65. The van der Waals surface area contributed by atoms with Gasteiger partial charge in [0.2, 0.25) is 0 Å². The van der Waals surface area contributed by atoms with Gasteiger partial charge in [-0.25, -0.2) is 9.98 Å². The molecule has 0 atom stereocenters. The van der Waals surface area contributed by atoms with E-state index >= 15 is 0 Å². The van der Waals surface area contributed by atoms with Crippen LogP contribution in [0.4, 0.5) is 19.0 Å². The summed E-state index contributed by atoms with van der Waals surface area (Å²) in [5.41, 5.74) is 5.61. The highest BCUT2D eigenvalue weighted by Gasteiger charge is 2.26. The second kappa shape index (κ2) is 5.48. The molecule has 0 saturated carbocycles. The van der Waals surface area contributed by atoms with Crippen LogP contribution in [0.25, 0.3) is 0 Å². The van der Waals surface area contributed by atoms with Gasteiger partial charge in [0, 0.05) is 0 Å². The van der Waals surface area contributed by atoms with Crippen molar-refractivity contribution in [3.8, 4) is 0 Å². The monoisotopic (exact) mass is 248 g/mol. The van der Waals surface area contributed by atoms with E-state index in [1.807, 2.05) is 0 Å². The zero-order valence-electron chi connectivity index (χ0n) is 8.70. The maximum atomic E-state index is 11.8. The molecule has 94 valence electrons. The van der Waals surface area contributed by atoms with Crippen LogP contribution >= 0.6 is 0 Å². The SMILES string of the molecule is N/C(=N/CC(F)(F)F)Nc1cccc(CO)n1. The molecule has 0 aromatic carbocycles. The van der Waals surface area contributed by atoms with Crippen molar-refractivity contribution in [1.29, 1.82) is 0 Å². The summed E-state index contributed by atoms with van der Waals surface area (Å²) in [5, 5.41) is 11.2. The molecule has 17 heavy (non-hydrogen) atoms. The number of aliphatic hydroxyl groups excluding tert-OH is 1. The number of aromatic nitrogens is 1. The second-order valence-corrected chi connectivity index (χ2v) is 3.11. The third kappa shape index (κ3) is 5.16. The first kappa shape index (κ1) is 13.2. The fourth-order valence-electron chi connectivity index (χ4n) is 0.983. The van der Waals surface area contributed by atoms with Gasteiger partial charge in [-0.1, -0.05) is 6.07 Å². The largest absolute Gasteiger partial charge is 0.408 e. The average molecular weight is 248 g/mol. The molecule has 0 amide bonds. The third-order valence-corrected chi connectivity index (χ3v) is 1.65. The summed E-state index contributed by atoms with van der Waals surface area (Å²) >= 11 is 0. The number of guanidine groups is 1. The first-order valence-corrected chi connectivity index (χ1v) is 4.61. The molecule has 0 saturated heterocycles. The van der Waals surface area contributed by atoms with Gasteiger partial charge >= 0.3 is 6.18 Å². The van der Waals surface area contributed by atoms with Crippen LogP contribution in [0.15, 0.2) is 23.2 Å². The highest BCUT2D eigenvalue weighted by Crippen LogP contribution is 2.14. The molecule has 0 aliphatic heterocycles. The quantitative estimate of drug-likeness (QED) is 0.547. The Bertz CT molecular complexity index is 405. The van der Waals surface area contributed by atoms with Crippen LogP contribution in [0.5, 0.6) is 0 Å². The molecule has 5 nitrogen and oxygen atoms in total. The van der Waals surface area contributed by atoms with Crippen molar-refractivity contribution in [3.05, 3.63) is 23.9 Å². The van der Waals surface area contributed by atoms with Gasteiger partial charge in [-0.05, 0) is 12.1 Å². The maximum absolute atomic E-state index is 11.8. The van der Waals surface area contributed by atoms with Crippen LogP contribution in [0, 0.1) is 0 Å². The minimum absolute atomic E-state index is 0.222. The van der Waals surface area contributed by atoms with Crippen molar-refractivity contribution in [2.24, 2.45) is 10.7 Å². The van der Waals surface area contributed by atoms with E-state index < -0.39 is 12.7 Å². The minimum Gasteiger partial charge on any atom is -0.390 e. The number of anilines is 1. The normalized spacial score (nSPS) is 12.6. The number of rotatable bonds is 3.